The predicted molar refractivity (Wildman–Crippen MR) is 66.6 cm³/mol. The van der Waals surface area contributed by atoms with Crippen molar-refractivity contribution in [2.45, 2.75) is 0 Å². The standard InChI is InChI=1S/C12H11N3O4/c1-14-4-3-11(13-14)8-5-9(12(16)19-2)7-10(6-8)15(17)18/h3-7H,1-2H3. The Labute approximate surface area is 108 Å². The molecule has 1 aromatic carbocycles. The molecule has 0 N–H and O–H groups in total. The van der Waals surface area contributed by atoms with E-state index in [4.69, 9.17) is 0 Å². The summed E-state index contributed by atoms with van der Waals surface area (Å²) < 4.78 is 6.16. The third kappa shape index (κ3) is 2.59. The first-order valence-electron chi connectivity index (χ1n) is 5.39. The number of hydrogen-bond acceptors (Lipinski definition) is 5. The molecule has 2 rings (SSSR count). The van der Waals surface area contributed by atoms with E-state index in [0.717, 1.165) is 0 Å². The van der Waals surface area contributed by atoms with E-state index in [1.165, 1.54) is 25.3 Å². The molecule has 0 amide bonds. The summed E-state index contributed by atoms with van der Waals surface area (Å²) >= 11 is 0. The summed E-state index contributed by atoms with van der Waals surface area (Å²) in [4.78, 5) is 21.8. The predicted octanol–water partition coefficient (Wildman–Crippen LogP) is 1.78. The van der Waals surface area contributed by atoms with Crippen LogP contribution in [0.1, 0.15) is 10.4 Å². The maximum absolute atomic E-state index is 11.5. The molecule has 0 unspecified atom stereocenters. The summed E-state index contributed by atoms with van der Waals surface area (Å²) in [5, 5.41) is 15.0. The van der Waals surface area contributed by atoms with E-state index in [9.17, 15) is 14.9 Å². The quantitative estimate of drug-likeness (QED) is 0.477. The molecule has 2 aromatic rings. The van der Waals surface area contributed by atoms with Gasteiger partial charge in [-0.2, -0.15) is 5.10 Å². The summed E-state index contributed by atoms with van der Waals surface area (Å²) in [6, 6.07) is 5.77. The molecule has 98 valence electrons. The molecule has 0 aliphatic carbocycles. The second-order valence-corrected chi connectivity index (χ2v) is 3.89. The Bertz CT molecular complexity index is 648. The van der Waals surface area contributed by atoms with Gasteiger partial charge in [0.1, 0.15) is 0 Å². The van der Waals surface area contributed by atoms with Crippen molar-refractivity contribution in [3.05, 3.63) is 46.1 Å². The molecule has 0 fully saturated rings. The van der Waals surface area contributed by atoms with Gasteiger partial charge in [0.25, 0.3) is 5.69 Å². The lowest BCUT2D eigenvalue weighted by Gasteiger charge is -2.03. The van der Waals surface area contributed by atoms with E-state index in [1.807, 2.05) is 0 Å². The topological polar surface area (TPSA) is 87.3 Å². The number of carbonyl (C=O) groups excluding carboxylic acids is 1. The zero-order valence-corrected chi connectivity index (χ0v) is 10.4. The van der Waals surface area contributed by atoms with Gasteiger partial charge in [-0.3, -0.25) is 14.8 Å². The number of rotatable bonds is 3. The minimum Gasteiger partial charge on any atom is -0.465 e. The summed E-state index contributed by atoms with van der Waals surface area (Å²) in [5.41, 5.74) is 0.993. The van der Waals surface area contributed by atoms with Crippen molar-refractivity contribution < 1.29 is 14.5 Å². The molecule has 0 spiro atoms. The average Bonchev–Trinajstić information content (AvgIpc) is 2.84. The molecule has 7 heteroatoms. The first kappa shape index (κ1) is 12.7. The average molecular weight is 261 g/mol. The van der Waals surface area contributed by atoms with E-state index in [2.05, 4.69) is 9.84 Å². The van der Waals surface area contributed by atoms with Gasteiger partial charge in [-0.15, -0.1) is 0 Å². The summed E-state index contributed by atoms with van der Waals surface area (Å²) in [5.74, 6) is -0.624. The zero-order chi connectivity index (χ0) is 14.0. The largest absolute Gasteiger partial charge is 0.465 e. The maximum atomic E-state index is 11.5. The second-order valence-electron chi connectivity index (χ2n) is 3.89. The van der Waals surface area contributed by atoms with Crippen LogP contribution in [0.3, 0.4) is 0 Å². The van der Waals surface area contributed by atoms with Crippen molar-refractivity contribution in [3.63, 3.8) is 0 Å². The van der Waals surface area contributed by atoms with Gasteiger partial charge in [-0.1, -0.05) is 0 Å². The van der Waals surface area contributed by atoms with Gasteiger partial charge in [-0.25, -0.2) is 4.79 Å². The number of hydrogen-bond donors (Lipinski definition) is 0. The van der Waals surface area contributed by atoms with Crippen LogP contribution in [0.2, 0.25) is 0 Å². The fourth-order valence-corrected chi connectivity index (χ4v) is 1.67. The minimum atomic E-state index is -0.624. The molecule has 0 saturated heterocycles. The highest BCUT2D eigenvalue weighted by Crippen LogP contribution is 2.25. The summed E-state index contributed by atoms with van der Waals surface area (Å²) in [7, 11) is 2.96. The molecule has 0 aliphatic heterocycles. The molecule has 19 heavy (non-hydrogen) atoms. The van der Waals surface area contributed by atoms with Gasteiger partial charge in [0, 0.05) is 30.9 Å². The van der Waals surface area contributed by atoms with E-state index in [-0.39, 0.29) is 11.3 Å². The Morgan fingerprint density at radius 3 is 2.68 bits per heavy atom. The van der Waals surface area contributed by atoms with Gasteiger partial charge in [-0.05, 0) is 12.1 Å². The van der Waals surface area contributed by atoms with Crippen molar-refractivity contribution in [2.75, 3.05) is 7.11 Å². The van der Waals surface area contributed by atoms with E-state index < -0.39 is 10.9 Å². The number of esters is 1. The lowest BCUT2D eigenvalue weighted by atomic mass is 10.1. The van der Waals surface area contributed by atoms with Crippen LogP contribution in [0.4, 0.5) is 5.69 Å². The minimum absolute atomic E-state index is 0.123. The number of benzene rings is 1. The third-order valence-corrected chi connectivity index (χ3v) is 2.56. The van der Waals surface area contributed by atoms with Gasteiger partial charge in [0.05, 0.1) is 23.3 Å². The highest BCUT2D eigenvalue weighted by atomic mass is 16.6. The molecule has 0 radical (unpaired) electrons. The molecule has 0 saturated carbocycles. The van der Waals surface area contributed by atoms with Crippen LogP contribution in [-0.4, -0.2) is 27.8 Å². The van der Waals surface area contributed by atoms with E-state index in [1.54, 1.807) is 24.0 Å². The lowest BCUT2D eigenvalue weighted by Crippen LogP contribution is -2.03. The molecule has 1 aromatic heterocycles. The first-order chi connectivity index (χ1) is 9.01. The number of nitro benzene ring substituents is 1. The Kier molecular flexibility index (Phi) is 3.28. The summed E-state index contributed by atoms with van der Waals surface area (Å²) in [6.07, 6.45) is 1.71. The lowest BCUT2D eigenvalue weighted by molar-refractivity contribution is -0.384. The zero-order valence-electron chi connectivity index (χ0n) is 10.4. The van der Waals surface area contributed by atoms with Crippen molar-refractivity contribution in [2.24, 2.45) is 7.05 Å². The van der Waals surface area contributed by atoms with E-state index >= 15 is 0 Å². The number of ether oxygens (including phenoxy) is 1. The molecular formula is C12H11N3O4. The van der Waals surface area contributed by atoms with Crippen LogP contribution in [0.5, 0.6) is 0 Å². The number of methoxy groups -OCH3 is 1. The molecule has 0 bridgehead atoms. The Morgan fingerprint density at radius 1 is 1.42 bits per heavy atom. The van der Waals surface area contributed by atoms with Crippen molar-refractivity contribution in [1.29, 1.82) is 0 Å². The van der Waals surface area contributed by atoms with Crippen LogP contribution < -0.4 is 0 Å². The van der Waals surface area contributed by atoms with Gasteiger partial charge in [0.15, 0.2) is 0 Å². The Morgan fingerprint density at radius 2 is 2.16 bits per heavy atom. The maximum Gasteiger partial charge on any atom is 0.338 e. The molecule has 7 nitrogen and oxygen atoms in total. The first-order valence-corrected chi connectivity index (χ1v) is 5.39. The number of nitro groups is 1. The van der Waals surface area contributed by atoms with Gasteiger partial charge in [0.2, 0.25) is 0 Å². The Hall–Kier alpha value is -2.70. The number of aromatic nitrogens is 2. The van der Waals surface area contributed by atoms with Crippen LogP contribution in [0.25, 0.3) is 11.3 Å². The number of non-ortho nitro benzene ring substituents is 1. The number of nitrogens with zero attached hydrogens (tertiary/aromatic N) is 3. The monoisotopic (exact) mass is 261 g/mol. The normalized spacial score (nSPS) is 10.2. The van der Waals surface area contributed by atoms with Crippen LogP contribution in [-0.2, 0) is 11.8 Å². The smallest absolute Gasteiger partial charge is 0.338 e. The molecule has 1 heterocycles. The molecular weight excluding hydrogens is 250 g/mol. The fraction of sp³-hybridized carbons (Fsp3) is 0.167. The van der Waals surface area contributed by atoms with Crippen molar-refractivity contribution in [1.82, 2.24) is 9.78 Å². The molecule has 0 atom stereocenters. The summed E-state index contributed by atoms with van der Waals surface area (Å²) in [6.45, 7) is 0. The highest BCUT2D eigenvalue weighted by molar-refractivity contribution is 5.91. The SMILES string of the molecule is COC(=O)c1cc(-c2ccn(C)n2)cc([N+](=O)[O-])c1. The van der Waals surface area contributed by atoms with Gasteiger partial charge >= 0.3 is 5.97 Å². The van der Waals surface area contributed by atoms with Crippen LogP contribution >= 0.6 is 0 Å². The van der Waals surface area contributed by atoms with Gasteiger partial charge < -0.3 is 4.74 Å². The van der Waals surface area contributed by atoms with E-state index in [0.29, 0.717) is 11.3 Å². The van der Waals surface area contributed by atoms with Crippen LogP contribution in [0.15, 0.2) is 30.5 Å². The number of aryl methyl sites for hydroxylation is 1. The van der Waals surface area contributed by atoms with Crippen LogP contribution in [0, 0.1) is 10.1 Å². The fourth-order valence-electron chi connectivity index (χ4n) is 1.67. The molecule has 0 aliphatic rings. The van der Waals surface area contributed by atoms with Crippen molar-refractivity contribution >= 4 is 11.7 Å². The third-order valence-electron chi connectivity index (χ3n) is 2.56. The Balaban J connectivity index is 2.57. The number of carbonyl (C=O) groups is 1. The van der Waals surface area contributed by atoms with Crippen molar-refractivity contribution in [3.8, 4) is 11.3 Å². The highest BCUT2D eigenvalue weighted by Gasteiger charge is 2.16. The second kappa shape index (κ2) is 4.89.